The van der Waals surface area contributed by atoms with Crippen LogP contribution in [0.25, 0.3) is 0 Å². The zero-order valence-electron chi connectivity index (χ0n) is 7.95. The monoisotopic (exact) mass is 221 g/mol. The van der Waals surface area contributed by atoms with Crippen molar-refractivity contribution in [2.24, 2.45) is 11.5 Å². The van der Waals surface area contributed by atoms with Gasteiger partial charge in [0.05, 0.1) is 0 Å². The van der Waals surface area contributed by atoms with Gasteiger partial charge in [-0.25, -0.2) is 9.59 Å². The Labute approximate surface area is 86.4 Å². The minimum atomic E-state index is -1.28. The Morgan fingerprint density at radius 2 is 2.14 bits per heavy atom. The number of nitrogens with two attached hydrogens (primary N) is 2. The topological polar surface area (TPSA) is 118 Å². The summed E-state index contributed by atoms with van der Waals surface area (Å²) in [4.78, 5) is 19.7. The molecule has 0 saturated carbocycles. The van der Waals surface area contributed by atoms with Crippen molar-refractivity contribution in [3.05, 3.63) is 0 Å². The summed E-state index contributed by atoms with van der Waals surface area (Å²) in [6, 6.07) is -0.618. The number of primary amides is 1. The van der Waals surface area contributed by atoms with Crippen molar-refractivity contribution < 1.29 is 14.7 Å². The summed E-state index contributed by atoms with van der Waals surface area (Å²) in [6.07, 6.45) is 2.39. The van der Waals surface area contributed by atoms with Gasteiger partial charge in [-0.3, -0.25) is 0 Å². The van der Waals surface area contributed by atoms with Gasteiger partial charge in [0.2, 0.25) is 0 Å². The molecule has 0 aliphatic heterocycles. The molecule has 0 aliphatic rings. The quantitative estimate of drug-likeness (QED) is 0.357. The Morgan fingerprint density at radius 3 is 2.50 bits per heavy atom. The average molecular weight is 221 g/mol. The minimum Gasteiger partial charge on any atom is -0.479 e. The van der Waals surface area contributed by atoms with E-state index < -0.39 is 16.9 Å². The van der Waals surface area contributed by atoms with Crippen LogP contribution in [-0.4, -0.2) is 34.8 Å². The molecular weight excluding hydrogens is 206 g/mol. The molecule has 2 amide bonds. The van der Waals surface area contributed by atoms with Crippen molar-refractivity contribution in [2.75, 3.05) is 12.8 Å². The zero-order chi connectivity index (χ0) is 11.2. The van der Waals surface area contributed by atoms with Gasteiger partial charge in [0.25, 0.3) is 0 Å². The number of carbonyl (C=O) groups is 2. The first-order valence-electron chi connectivity index (χ1n) is 4.03. The van der Waals surface area contributed by atoms with E-state index in [-0.39, 0.29) is 6.42 Å². The predicted molar refractivity (Wildman–Crippen MR) is 54.9 cm³/mol. The van der Waals surface area contributed by atoms with Crippen molar-refractivity contribution in [1.29, 1.82) is 0 Å². The Kier molecular flexibility index (Phi) is 5.32. The molecule has 82 valence electrons. The second-order valence-electron chi connectivity index (χ2n) is 2.79. The summed E-state index contributed by atoms with van der Waals surface area (Å²) in [5.41, 5.74) is 10.4. The van der Waals surface area contributed by atoms with E-state index in [4.69, 9.17) is 16.6 Å². The summed E-state index contributed by atoms with van der Waals surface area (Å²) in [5.74, 6) is -1.05. The maximum absolute atomic E-state index is 10.7. The molecule has 14 heavy (non-hydrogen) atoms. The van der Waals surface area contributed by atoms with Gasteiger partial charge in [0.1, 0.15) is 0 Å². The largest absolute Gasteiger partial charge is 0.479 e. The molecule has 6 N–H and O–H groups in total. The van der Waals surface area contributed by atoms with Crippen LogP contribution in [0, 0.1) is 0 Å². The zero-order valence-corrected chi connectivity index (χ0v) is 8.76. The number of amides is 2. The highest BCUT2D eigenvalue weighted by atomic mass is 32.2. The Hall–Kier alpha value is -0.950. The van der Waals surface area contributed by atoms with E-state index in [0.29, 0.717) is 13.0 Å². The van der Waals surface area contributed by atoms with Gasteiger partial charge in [0, 0.05) is 6.54 Å². The van der Waals surface area contributed by atoms with Crippen LogP contribution < -0.4 is 16.8 Å². The molecule has 0 rings (SSSR count). The highest BCUT2D eigenvalue weighted by molar-refractivity contribution is 8.00. The van der Waals surface area contributed by atoms with E-state index in [9.17, 15) is 9.59 Å². The highest BCUT2D eigenvalue weighted by Gasteiger charge is 2.32. The van der Waals surface area contributed by atoms with E-state index in [1.54, 1.807) is 6.26 Å². The number of hydrogen-bond donors (Lipinski definition) is 4. The Morgan fingerprint density at radius 1 is 1.57 bits per heavy atom. The standard InChI is InChI=1S/C7H15N3O3S/c1-14-7(9,5(11)12)3-2-4-10-6(8)13/h2-4,9H2,1H3,(H,11,12)(H3,8,10,13)/t7-/m1/s1. The molecule has 0 heterocycles. The van der Waals surface area contributed by atoms with Crippen LogP contribution >= 0.6 is 11.8 Å². The number of hydrogen-bond acceptors (Lipinski definition) is 4. The second kappa shape index (κ2) is 5.71. The predicted octanol–water partition coefficient (Wildman–Crippen LogP) is -0.462. The number of carboxylic acid groups (broad SMARTS) is 1. The maximum Gasteiger partial charge on any atom is 0.334 e. The molecule has 0 aliphatic carbocycles. The fourth-order valence-electron chi connectivity index (χ4n) is 0.859. The van der Waals surface area contributed by atoms with Crippen LogP contribution in [-0.2, 0) is 4.79 Å². The Bertz CT molecular complexity index is 224. The van der Waals surface area contributed by atoms with Crippen molar-refractivity contribution in [1.82, 2.24) is 5.32 Å². The lowest BCUT2D eigenvalue weighted by molar-refractivity contribution is -0.139. The molecule has 6 nitrogen and oxygen atoms in total. The normalized spacial score (nSPS) is 14.4. The molecule has 1 atom stereocenters. The van der Waals surface area contributed by atoms with Crippen LogP contribution in [0.1, 0.15) is 12.8 Å². The third-order valence-corrected chi connectivity index (χ3v) is 2.86. The number of nitrogens with one attached hydrogen (secondary N) is 1. The number of thioether (sulfide) groups is 1. The SMILES string of the molecule is CS[C@](N)(CCCNC(N)=O)C(=O)O. The lowest BCUT2D eigenvalue weighted by atomic mass is 10.1. The molecule has 0 fully saturated rings. The van der Waals surface area contributed by atoms with Gasteiger partial charge in [-0.15, -0.1) is 11.8 Å². The van der Waals surface area contributed by atoms with E-state index in [1.807, 2.05) is 0 Å². The summed E-state index contributed by atoms with van der Waals surface area (Å²) < 4.78 is 0. The maximum atomic E-state index is 10.7. The molecule has 0 aromatic rings. The van der Waals surface area contributed by atoms with Crippen molar-refractivity contribution in [2.45, 2.75) is 17.7 Å². The van der Waals surface area contributed by atoms with E-state index in [0.717, 1.165) is 11.8 Å². The van der Waals surface area contributed by atoms with Crippen LogP contribution in [0.5, 0.6) is 0 Å². The smallest absolute Gasteiger partial charge is 0.334 e. The number of carbonyl (C=O) groups excluding carboxylic acids is 1. The second-order valence-corrected chi connectivity index (χ2v) is 3.93. The molecule has 0 bridgehead atoms. The first kappa shape index (κ1) is 13.1. The van der Waals surface area contributed by atoms with Crippen LogP contribution in [0.3, 0.4) is 0 Å². The van der Waals surface area contributed by atoms with Gasteiger partial charge < -0.3 is 21.9 Å². The lowest BCUT2D eigenvalue weighted by Crippen LogP contribution is -2.45. The van der Waals surface area contributed by atoms with Crippen molar-refractivity contribution in [3.63, 3.8) is 0 Å². The average Bonchev–Trinajstić information content (AvgIpc) is 2.11. The summed E-state index contributed by atoms with van der Waals surface area (Å²) in [6.45, 7) is 0.335. The Balaban J connectivity index is 3.85. The fourth-order valence-corrected chi connectivity index (χ4v) is 1.38. The van der Waals surface area contributed by atoms with Crippen molar-refractivity contribution >= 4 is 23.8 Å². The molecule has 0 radical (unpaired) electrons. The van der Waals surface area contributed by atoms with Gasteiger partial charge >= 0.3 is 12.0 Å². The molecular formula is C7H15N3O3S. The van der Waals surface area contributed by atoms with Gasteiger partial charge in [-0.05, 0) is 19.1 Å². The van der Waals surface area contributed by atoms with Crippen LogP contribution in [0.15, 0.2) is 0 Å². The summed E-state index contributed by atoms with van der Waals surface area (Å²) >= 11 is 1.07. The van der Waals surface area contributed by atoms with E-state index in [2.05, 4.69) is 5.32 Å². The third-order valence-electron chi connectivity index (χ3n) is 1.75. The fraction of sp³-hybridized carbons (Fsp3) is 0.714. The van der Waals surface area contributed by atoms with Gasteiger partial charge in [-0.2, -0.15) is 0 Å². The lowest BCUT2D eigenvalue weighted by Gasteiger charge is -2.21. The first-order valence-corrected chi connectivity index (χ1v) is 5.25. The molecule has 7 heteroatoms. The van der Waals surface area contributed by atoms with Gasteiger partial charge in [-0.1, -0.05) is 0 Å². The molecule has 0 unspecified atom stereocenters. The summed E-state index contributed by atoms with van der Waals surface area (Å²) in [7, 11) is 0. The minimum absolute atomic E-state index is 0.282. The molecule has 0 aromatic heterocycles. The first-order chi connectivity index (χ1) is 6.42. The number of aliphatic carboxylic acids is 1. The molecule has 0 aromatic carbocycles. The van der Waals surface area contributed by atoms with Crippen LogP contribution in [0.4, 0.5) is 4.79 Å². The van der Waals surface area contributed by atoms with Crippen LogP contribution in [0.2, 0.25) is 0 Å². The van der Waals surface area contributed by atoms with E-state index in [1.165, 1.54) is 0 Å². The molecule has 0 saturated heterocycles. The molecule has 0 spiro atoms. The van der Waals surface area contributed by atoms with Gasteiger partial charge in [0.15, 0.2) is 4.87 Å². The summed E-state index contributed by atoms with van der Waals surface area (Å²) in [5, 5.41) is 11.1. The number of rotatable bonds is 6. The third kappa shape index (κ3) is 4.33. The number of carboxylic acids is 1. The highest BCUT2D eigenvalue weighted by Crippen LogP contribution is 2.21. The van der Waals surface area contributed by atoms with E-state index >= 15 is 0 Å². The number of urea groups is 1. The van der Waals surface area contributed by atoms with Crippen molar-refractivity contribution in [3.8, 4) is 0 Å².